The maximum Gasteiger partial charge on any atom is 0.104 e. The highest BCUT2D eigenvalue weighted by Gasteiger charge is 2.07. The number of hydrogen-bond donors (Lipinski definition) is 1. The molecule has 1 N–H and O–H groups in total. The molecule has 17 heavy (non-hydrogen) atoms. The average Bonchev–Trinajstić information content (AvgIpc) is 2.86. The van der Waals surface area contributed by atoms with Gasteiger partial charge in [0, 0.05) is 31.0 Å². The van der Waals surface area contributed by atoms with Gasteiger partial charge in [0.05, 0.1) is 12.7 Å². The molecule has 0 saturated carbocycles. The Labute approximate surface area is 101 Å². The number of aryl methyl sites for hydroxylation is 1. The van der Waals surface area contributed by atoms with Crippen molar-refractivity contribution >= 4 is 0 Å². The molecule has 0 saturated heterocycles. The largest absolute Gasteiger partial charge is 0.313 e. The maximum atomic E-state index is 4.37. The molecular weight excluding hydrogens is 216 g/mol. The van der Waals surface area contributed by atoms with Crippen molar-refractivity contribution in [1.29, 1.82) is 0 Å². The van der Waals surface area contributed by atoms with Gasteiger partial charge in [0.2, 0.25) is 0 Å². The van der Waals surface area contributed by atoms with Crippen LogP contribution >= 0.6 is 0 Å². The molecule has 0 amide bonds. The predicted octanol–water partition coefficient (Wildman–Crippen LogP) is 0.478. The van der Waals surface area contributed by atoms with Crippen LogP contribution in [-0.2, 0) is 20.1 Å². The van der Waals surface area contributed by atoms with Gasteiger partial charge >= 0.3 is 0 Å². The van der Waals surface area contributed by atoms with E-state index < -0.39 is 0 Å². The Morgan fingerprint density at radius 2 is 2.24 bits per heavy atom. The van der Waals surface area contributed by atoms with Crippen molar-refractivity contribution < 1.29 is 0 Å². The van der Waals surface area contributed by atoms with Crippen molar-refractivity contribution in [2.45, 2.75) is 26.9 Å². The molecule has 2 aromatic rings. The maximum absolute atomic E-state index is 4.37. The van der Waals surface area contributed by atoms with E-state index in [-0.39, 0.29) is 0 Å². The molecule has 0 aliphatic heterocycles. The van der Waals surface area contributed by atoms with Crippen molar-refractivity contribution in [2.75, 3.05) is 6.54 Å². The molecular formula is C11H18N6. The summed E-state index contributed by atoms with van der Waals surface area (Å²) >= 11 is 0. The van der Waals surface area contributed by atoms with Gasteiger partial charge in [-0.3, -0.25) is 9.36 Å². The monoisotopic (exact) mass is 234 g/mol. The van der Waals surface area contributed by atoms with Crippen LogP contribution < -0.4 is 5.32 Å². The molecule has 0 aliphatic rings. The molecule has 6 heteroatoms. The Hall–Kier alpha value is -1.69. The third-order valence-corrected chi connectivity index (χ3v) is 2.73. The Bertz CT molecular complexity index is 484. The van der Waals surface area contributed by atoms with Gasteiger partial charge in [0.15, 0.2) is 0 Å². The molecule has 2 aromatic heterocycles. The number of nitrogens with zero attached hydrogens (tertiary/aromatic N) is 5. The molecule has 0 bridgehead atoms. The summed E-state index contributed by atoms with van der Waals surface area (Å²) in [7, 11) is 1.86. The van der Waals surface area contributed by atoms with E-state index in [9.17, 15) is 0 Å². The van der Waals surface area contributed by atoms with E-state index in [2.05, 4.69) is 34.6 Å². The van der Waals surface area contributed by atoms with Gasteiger partial charge in [0.25, 0.3) is 0 Å². The van der Waals surface area contributed by atoms with Gasteiger partial charge in [-0.15, -0.1) is 5.10 Å². The molecule has 0 aromatic carbocycles. The van der Waals surface area contributed by atoms with E-state index in [0.29, 0.717) is 6.54 Å². The minimum atomic E-state index is 0.672. The van der Waals surface area contributed by atoms with Crippen LogP contribution in [0.3, 0.4) is 0 Å². The Morgan fingerprint density at radius 3 is 2.88 bits per heavy atom. The molecule has 0 fully saturated rings. The molecule has 0 aliphatic carbocycles. The zero-order valence-corrected chi connectivity index (χ0v) is 10.5. The summed E-state index contributed by atoms with van der Waals surface area (Å²) in [5.74, 6) is 0. The van der Waals surface area contributed by atoms with Crippen LogP contribution in [0.5, 0.6) is 0 Å². The number of aromatic nitrogens is 5. The first-order chi connectivity index (χ1) is 8.20. The molecule has 0 spiro atoms. The van der Waals surface area contributed by atoms with Gasteiger partial charge < -0.3 is 5.32 Å². The smallest absolute Gasteiger partial charge is 0.104 e. The molecule has 0 radical (unpaired) electrons. The van der Waals surface area contributed by atoms with E-state index in [1.807, 2.05) is 24.1 Å². The van der Waals surface area contributed by atoms with Crippen LogP contribution in [0.2, 0.25) is 0 Å². The lowest BCUT2D eigenvalue weighted by Crippen LogP contribution is -2.12. The first-order valence-corrected chi connectivity index (χ1v) is 5.78. The lowest BCUT2D eigenvalue weighted by Gasteiger charge is -2.03. The summed E-state index contributed by atoms with van der Waals surface area (Å²) in [6.45, 7) is 6.68. The summed E-state index contributed by atoms with van der Waals surface area (Å²) in [5.41, 5.74) is 3.33. The molecule has 2 rings (SSSR count). The second-order valence-corrected chi connectivity index (χ2v) is 4.08. The highest BCUT2D eigenvalue weighted by atomic mass is 15.4. The first kappa shape index (κ1) is 11.8. The van der Waals surface area contributed by atoms with Gasteiger partial charge in [0.1, 0.15) is 5.69 Å². The summed E-state index contributed by atoms with van der Waals surface area (Å²) in [4.78, 5) is 0. The third kappa shape index (κ3) is 2.71. The number of rotatable bonds is 5. The van der Waals surface area contributed by atoms with Crippen LogP contribution in [-0.4, -0.2) is 31.3 Å². The second-order valence-electron chi connectivity index (χ2n) is 4.08. The summed E-state index contributed by atoms with van der Waals surface area (Å²) in [6.07, 6.45) is 3.82. The summed E-state index contributed by atoms with van der Waals surface area (Å²) in [6, 6.07) is 0. The van der Waals surface area contributed by atoms with Crippen molar-refractivity contribution in [3.8, 4) is 0 Å². The standard InChI is InChI=1S/C11H18N6/c1-4-12-5-10-6-13-17(9(10)2)8-11-7-16(3)15-14-11/h6-7,12H,4-5,8H2,1-3H3. The van der Waals surface area contributed by atoms with E-state index in [0.717, 1.165) is 18.8 Å². The Morgan fingerprint density at radius 1 is 1.41 bits per heavy atom. The molecule has 6 nitrogen and oxygen atoms in total. The van der Waals surface area contributed by atoms with Crippen molar-refractivity contribution in [3.05, 3.63) is 29.3 Å². The van der Waals surface area contributed by atoms with Crippen LogP contribution in [0.1, 0.15) is 23.9 Å². The molecule has 2 heterocycles. The lowest BCUT2D eigenvalue weighted by atomic mass is 10.2. The van der Waals surface area contributed by atoms with Crippen molar-refractivity contribution in [1.82, 2.24) is 30.1 Å². The lowest BCUT2D eigenvalue weighted by molar-refractivity contribution is 0.644. The van der Waals surface area contributed by atoms with Gasteiger partial charge in [-0.1, -0.05) is 12.1 Å². The van der Waals surface area contributed by atoms with E-state index in [1.54, 1.807) is 4.68 Å². The first-order valence-electron chi connectivity index (χ1n) is 5.78. The highest BCUT2D eigenvalue weighted by Crippen LogP contribution is 2.08. The normalized spacial score (nSPS) is 11.0. The van der Waals surface area contributed by atoms with Crippen molar-refractivity contribution in [3.63, 3.8) is 0 Å². The van der Waals surface area contributed by atoms with Crippen LogP contribution in [0.4, 0.5) is 0 Å². The fourth-order valence-corrected chi connectivity index (χ4v) is 1.70. The summed E-state index contributed by atoms with van der Waals surface area (Å²) in [5, 5.41) is 15.6. The van der Waals surface area contributed by atoms with Gasteiger partial charge in [-0.2, -0.15) is 5.10 Å². The van der Waals surface area contributed by atoms with Crippen LogP contribution in [0.15, 0.2) is 12.4 Å². The third-order valence-electron chi connectivity index (χ3n) is 2.73. The van der Waals surface area contributed by atoms with E-state index in [4.69, 9.17) is 0 Å². The fraction of sp³-hybridized carbons (Fsp3) is 0.545. The van der Waals surface area contributed by atoms with Crippen LogP contribution in [0, 0.1) is 6.92 Å². The fourth-order valence-electron chi connectivity index (χ4n) is 1.70. The van der Waals surface area contributed by atoms with E-state index in [1.165, 1.54) is 11.3 Å². The zero-order valence-electron chi connectivity index (χ0n) is 10.5. The van der Waals surface area contributed by atoms with Crippen LogP contribution in [0.25, 0.3) is 0 Å². The zero-order chi connectivity index (χ0) is 12.3. The molecule has 0 unspecified atom stereocenters. The average molecular weight is 234 g/mol. The van der Waals surface area contributed by atoms with Gasteiger partial charge in [-0.25, -0.2) is 0 Å². The topological polar surface area (TPSA) is 60.6 Å². The molecule has 0 atom stereocenters. The predicted molar refractivity (Wildman–Crippen MR) is 64.4 cm³/mol. The van der Waals surface area contributed by atoms with Crippen molar-refractivity contribution in [2.24, 2.45) is 7.05 Å². The van der Waals surface area contributed by atoms with E-state index >= 15 is 0 Å². The molecule has 92 valence electrons. The van der Waals surface area contributed by atoms with Gasteiger partial charge in [-0.05, 0) is 13.5 Å². The highest BCUT2D eigenvalue weighted by molar-refractivity contribution is 5.16. The number of hydrogen-bond acceptors (Lipinski definition) is 4. The number of nitrogens with one attached hydrogen (secondary N) is 1. The summed E-state index contributed by atoms with van der Waals surface area (Å²) < 4.78 is 3.66. The minimum Gasteiger partial charge on any atom is -0.313 e. The Balaban J connectivity index is 2.09. The second kappa shape index (κ2) is 5.09. The SMILES string of the molecule is CCNCc1cnn(Cc2cn(C)nn2)c1C. The Kier molecular flexibility index (Phi) is 3.53. The minimum absolute atomic E-state index is 0.672. The quantitative estimate of drug-likeness (QED) is 0.817.